The first-order chi connectivity index (χ1) is 7.86. The monoisotopic (exact) mass is 274 g/mol. The Morgan fingerprint density at radius 2 is 1.76 bits per heavy atom. The van der Waals surface area contributed by atoms with Crippen LogP contribution >= 0.6 is 19.9 Å². The molecule has 0 aliphatic carbocycles. The molecule has 5 heteroatoms. The normalized spacial score (nSPS) is 13.2. The lowest BCUT2D eigenvalue weighted by molar-refractivity contribution is 0.607. The molecule has 0 spiro atoms. The molecule has 1 aromatic rings. The fourth-order valence-corrected chi connectivity index (χ4v) is 3.09. The van der Waals surface area contributed by atoms with Crippen molar-refractivity contribution in [3.8, 4) is 0 Å². The first-order valence-corrected chi connectivity index (χ1v) is 7.41. The zero-order valence-electron chi connectivity index (χ0n) is 10.7. The highest BCUT2D eigenvalue weighted by atomic mass is 35.5. The van der Waals surface area contributed by atoms with Gasteiger partial charge in [-0.3, -0.25) is 5.50 Å². The highest BCUT2D eigenvalue weighted by molar-refractivity contribution is 7.57. The molecule has 0 fully saturated rings. The topological polar surface area (TPSA) is 49.5 Å². The lowest BCUT2D eigenvalue weighted by Crippen LogP contribution is -2.40. The molecule has 0 amide bonds. The van der Waals surface area contributed by atoms with Crippen molar-refractivity contribution in [2.75, 3.05) is 4.90 Å². The van der Waals surface area contributed by atoms with Crippen LogP contribution in [0.3, 0.4) is 0 Å². The Bertz CT molecular complexity index is 375. The highest BCUT2D eigenvalue weighted by Gasteiger charge is 2.22. The second-order valence-electron chi connectivity index (χ2n) is 4.55. The van der Waals surface area contributed by atoms with Gasteiger partial charge in [0.05, 0.1) is 10.7 Å². The molecule has 1 aromatic carbocycles. The Morgan fingerprint density at radius 1 is 1.24 bits per heavy atom. The average molecular weight is 275 g/mol. The third-order valence-electron chi connectivity index (χ3n) is 2.58. The smallest absolute Gasteiger partial charge is 0.131 e. The molecule has 3 nitrogen and oxygen atoms in total. The molecule has 0 saturated heterocycles. The fourth-order valence-electron chi connectivity index (χ4n) is 2.06. The van der Waals surface area contributed by atoms with Gasteiger partial charge in [-0.1, -0.05) is 17.7 Å². The van der Waals surface area contributed by atoms with Crippen molar-refractivity contribution in [1.29, 1.82) is 0 Å². The molecule has 0 aromatic heterocycles. The number of rotatable bonds is 4. The van der Waals surface area contributed by atoms with E-state index < -0.39 is 8.30 Å². The van der Waals surface area contributed by atoms with E-state index in [4.69, 9.17) is 17.1 Å². The van der Waals surface area contributed by atoms with Gasteiger partial charge < -0.3 is 9.79 Å². The van der Waals surface area contributed by atoms with Crippen LogP contribution in [-0.2, 0) is 0 Å². The van der Waals surface area contributed by atoms with Crippen molar-refractivity contribution < 1.29 is 4.89 Å². The molecule has 0 bridgehead atoms. The van der Waals surface area contributed by atoms with Gasteiger partial charge in [0.2, 0.25) is 0 Å². The van der Waals surface area contributed by atoms with Gasteiger partial charge in [0.15, 0.2) is 0 Å². The molecule has 17 heavy (non-hydrogen) atoms. The standard InChI is InChI=1S/C12H20ClN2OP/c1-8(2)15(9(3)4)12-10(13)6-5-7-11(12)17(14)16/h5-9,16H,14H2,1-4H3. The Balaban J connectivity index is 3.35. The van der Waals surface area contributed by atoms with Crippen LogP contribution in [-0.4, -0.2) is 17.0 Å². The minimum absolute atomic E-state index is 0.295. The van der Waals surface area contributed by atoms with Crippen molar-refractivity contribution in [1.82, 2.24) is 0 Å². The Kier molecular flexibility index (Phi) is 5.21. The summed E-state index contributed by atoms with van der Waals surface area (Å²) in [5.41, 5.74) is 6.51. The van der Waals surface area contributed by atoms with Crippen molar-refractivity contribution in [2.45, 2.75) is 39.8 Å². The van der Waals surface area contributed by atoms with Gasteiger partial charge in [-0.15, -0.1) is 0 Å². The van der Waals surface area contributed by atoms with Gasteiger partial charge in [0.25, 0.3) is 0 Å². The second kappa shape index (κ2) is 6.01. The summed E-state index contributed by atoms with van der Waals surface area (Å²) in [5, 5.41) is 1.37. The summed E-state index contributed by atoms with van der Waals surface area (Å²) >= 11 is 6.26. The van der Waals surface area contributed by atoms with Crippen molar-refractivity contribution in [2.24, 2.45) is 5.50 Å². The summed E-state index contributed by atoms with van der Waals surface area (Å²) in [7, 11) is -1.64. The minimum atomic E-state index is -1.64. The number of benzene rings is 1. The third kappa shape index (κ3) is 3.32. The summed E-state index contributed by atoms with van der Waals surface area (Å²) < 4.78 is 0. The van der Waals surface area contributed by atoms with Gasteiger partial charge >= 0.3 is 0 Å². The van der Waals surface area contributed by atoms with E-state index in [1.54, 1.807) is 0 Å². The number of nitrogens with zero attached hydrogens (tertiary/aromatic N) is 1. The number of nitrogens with two attached hydrogens (primary N) is 1. The predicted molar refractivity (Wildman–Crippen MR) is 77.2 cm³/mol. The molecular weight excluding hydrogens is 255 g/mol. The first kappa shape index (κ1) is 14.7. The highest BCUT2D eigenvalue weighted by Crippen LogP contribution is 2.34. The molecule has 0 saturated carbocycles. The second-order valence-corrected chi connectivity index (χ2v) is 6.13. The Hall–Kier alpha value is -0.340. The molecule has 1 unspecified atom stereocenters. The molecule has 0 aliphatic heterocycles. The van der Waals surface area contributed by atoms with Crippen molar-refractivity contribution >= 4 is 30.9 Å². The van der Waals surface area contributed by atoms with Gasteiger partial charge in [-0.2, -0.15) is 0 Å². The van der Waals surface area contributed by atoms with Gasteiger partial charge in [0.1, 0.15) is 8.30 Å². The summed E-state index contributed by atoms with van der Waals surface area (Å²) in [6.07, 6.45) is 0. The van der Waals surface area contributed by atoms with Crippen LogP contribution in [0.25, 0.3) is 0 Å². The summed E-state index contributed by atoms with van der Waals surface area (Å²) in [5.74, 6) is 0. The molecular formula is C12H20ClN2OP. The zero-order valence-corrected chi connectivity index (χ0v) is 12.3. The van der Waals surface area contributed by atoms with E-state index in [0.29, 0.717) is 17.1 Å². The average Bonchev–Trinajstić information content (AvgIpc) is 2.19. The van der Waals surface area contributed by atoms with Gasteiger partial charge in [-0.25, -0.2) is 0 Å². The largest absolute Gasteiger partial charge is 0.365 e. The maximum atomic E-state index is 9.70. The van der Waals surface area contributed by atoms with Crippen molar-refractivity contribution in [3.05, 3.63) is 23.2 Å². The lowest BCUT2D eigenvalue weighted by Gasteiger charge is -2.35. The third-order valence-corrected chi connectivity index (χ3v) is 3.74. The molecule has 1 atom stereocenters. The predicted octanol–water partition coefficient (Wildman–Crippen LogP) is 2.85. The molecule has 0 heterocycles. The molecule has 96 valence electrons. The van der Waals surface area contributed by atoms with E-state index in [2.05, 4.69) is 32.6 Å². The number of halogens is 1. The summed E-state index contributed by atoms with van der Waals surface area (Å²) in [4.78, 5) is 11.9. The van der Waals surface area contributed by atoms with Crippen LogP contribution in [0.15, 0.2) is 18.2 Å². The van der Waals surface area contributed by atoms with Crippen LogP contribution in [0, 0.1) is 0 Å². The van der Waals surface area contributed by atoms with E-state index in [1.165, 1.54) is 0 Å². The van der Waals surface area contributed by atoms with Crippen molar-refractivity contribution in [3.63, 3.8) is 0 Å². The van der Waals surface area contributed by atoms with E-state index >= 15 is 0 Å². The van der Waals surface area contributed by atoms with E-state index in [9.17, 15) is 4.89 Å². The van der Waals surface area contributed by atoms with Crippen LogP contribution in [0.2, 0.25) is 5.02 Å². The summed E-state index contributed by atoms with van der Waals surface area (Å²) in [6.45, 7) is 8.40. The molecule has 1 rings (SSSR count). The maximum Gasteiger partial charge on any atom is 0.131 e. The van der Waals surface area contributed by atoms with Crippen LogP contribution in [0.1, 0.15) is 27.7 Å². The quantitative estimate of drug-likeness (QED) is 0.830. The zero-order chi connectivity index (χ0) is 13.2. The van der Waals surface area contributed by atoms with Crippen LogP contribution in [0.5, 0.6) is 0 Å². The molecule has 0 radical (unpaired) electrons. The van der Waals surface area contributed by atoms with E-state index in [0.717, 1.165) is 11.0 Å². The van der Waals surface area contributed by atoms with Gasteiger partial charge in [-0.05, 0) is 39.8 Å². The maximum absolute atomic E-state index is 9.70. The van der Waals surface area contributed by atoms with Crippen LogP contribution < -0.4 is 15.7 Å². The van der Waals surface area contributed by atoms with E-state index in [-0.39, 0.29) is 0 Å². The summed E-state index contributed by atoms with van der Waals surface area (Å²) in [6, 6.07) is 6.08. The number of hydrogen-bond acceptors (Lipinski definition) is 3. The van der Waals surface area contributed by atoms with Crippen LogP contribution in [0.4, 0.5) is 5.69 Å². The number of anilines is 1. The Labute approximate surface area is 109 Å². The molecule has 0 aliphatic rings. The Morgan fingerprint density at radius 3 is 2.18 bits per heavy atom. The first-order valence-electron chi connectivity index (χ1n) is 5.66. The van der Waals surface area contributed by atoms with Gasteiger partial charge in [0, 0.05) is 17.4 Å². The minimum Gasteiger partial charge on any atom is -0.365 e. The number of para-hydroxylation sites is 1. The number of hydrogen-bond donors (Lipinski definition) is 2. The van der Waals surface area contributed by atoms with E-state index in [1.807, 2.05) is 18.2 Å². The molecule has 3 N–H and O–H groups in total. The SMILES string of the molecule is CC(C)N(c1c(Cl)cccc1P(N)O)C(C)C. The lowest BCUT2D eigenvalue weighted by atomic mass is 10.2. The fraction of sp³-hybridized carbons (Fsp3) is 0.500.